The number of hydrogen-bond donors (Lipinski definition) is 1. The molecule has 1 aliphatic rings. The largest absolute Gasteiger partial charge is 0.493 e. The Balaban J connectivity index is 2.03. The van der Waals surface area contributed by atoms with Gasteiger partial charge in [-0.05, 0) is 53.9 Å². The van der Waals surface area contributed by atoms with Crippen LogP contribution in [-0.2, 0) is 0 Å². The summed E-state index contributed by atoms with van der Waals surface area (Å²) in [6.07, 6.45) is 4.64. The third kappa shape index (κ3) is 3.25. The molecule has 0 unspecified atom stereocenters. The highest BCUT2D eigenvalue weighted by molar-refractivity contribution is 9.10. The molecule has 1 N–H and O–H groups in total. The zero-order valence-corrected chi connectivity index (χ0v) is 12.1. The molecule has 18 heavy (non-hydrogen) atoms. The summed E-state index contributed by atoms with van der Waals surface area (Å²) in [6, 6.07) is 5.80. The topological polar surface area (TPSA) is 38.3 Å². The molecule has 3 nitrogen and oxygen atoms in total. The molecule has 0 spiro atoms. The van der Waals surface area contributed by atoms with E-state index in [0.717, 1.165) is 23.1 Å². The van der Waals surface area contributed by atoms with Crippen molar-refractivity contribution in [2.45, 2.75) is 38.6 Å². The van der Waals surface area contributed by atoms with Gasteiger partial charge in [0.1, 0.15) is 5.75 Å². The molecule has 4 heteroatoms. The van der Waals surface area contributed by atoms with E-state index in [9.17, 15) is 4.79 Å². The summed E-state index contributed by atoms with van der Waals surface area (Å²) < 4.78 is 6.25. The number of benzene rings is 1. The smallest absolute Gasteiger partial charge is 0.251 e. The van der Waals surface area contributed by atoms with E-state index >= 15 is 0 Å². The zero-order valence-electron chi connectivity index (χ0n) is 10.5. The van der Waals surface area contributed by atoms with E-state index in [-0.39, 0.29) is 5.91 Å². The monoisotopic (exact) mass is 311 g/mol. The van der Waals surface area contributed by atoms with Crippen molar-refractivity contribution < 1.29 is 9.53 Å². The van der Waals surface area contributed by atoms with Gasteiger partial charge in [-0.25, -0.2) is 0 Å². The molecule has 0 saturated heterocycles. The second kappa shape index (κ2) is 6.23. The molecule has 0 atom stereocenters. The van der Waals surface area contributed by atoms with Gasteiger partial charge in [-0.2, -0.15) is 0 Å². The van der Waals surface area contributed by atoms with Gasteiger partial charge in [-0.3, -0.25) is 4.79 Å². The van der Waals surface area contributed by atoms with E-state index in [1.807, 2.05) is 19.1 Å². The first-order chi connectivity index (χ1) is 8.70. The van der Waals surface area contributed by atoms with Crippen molar-refractivity contribution in [3.8, 4) is 5.75 Å². The van der Waals surface area contributed by atoms with Crippen molar-refractivity contribution >= 4 is 21.8 Å². The minimum Gasteiger partial charge on any atom is -0.493 e. The highest BCUT2D eigenvalue weighted by Crippen LogP contribution is 2.26. The molecule has 0 aliphatic heterocycles. The maximum atomic E-state index is 12.0. The van der Waals surface area contributed by atoms with Gasteiger partial charge >= 0.3 is 0 Å². The Kier molecular flexibility index (Phi) is 4.64. The van der Waals surface area contributed by atoms with E-state index in [1.165, 1.54) is 12.8 Å². The maximum absolute atomic E-state index is 12.0. The van der Waals surface area contributed by atoms with Crippen LogP contribution in [0.25, 0.3) is 0 Å². The Morgan fingerprint density at radius 3 is 2.78 bits per heavy atom. The van der Waals surface area contributed by atoms with Crippen LogP contribution in [0.1, 0.15) is 43.0 Å². The van der Waals surface area contributed by atoms with Gasteiger partial charge in [0.15, 0.2) is 0 Å². The predicted octanol–water partition coefficient (Wildman–Crippen LogP) is 3.52. The van der Waals surface area contributed by atoms with Crippen molar-refractivity contribution in [1.82, 2.24) is 5.32 Å². The third-order valence-electron chi connectivity index (χ3n) is 3.18. The number of rotatable bonds is 4. The lowest BCUT2D eigenvalue weighted by Gasteiger charge is -2.13. The van der Waals surface area contributed by atoms with Crippen LogP contribution in [0.15, 0.2) is 22.7 Å². The maximum Gasteiger partial charge on any atom is 0.251 e. The Bertz CT molecular complexity index is 428. The zero-order chi connectivity index (χ0) is 13.0. The van der Waals surface area contributed by atoms with Gasteiger partial charge in [0, 0.05) is 11.6 Å². The molecule has 1 aromatic carbocycles. The second-order valence-corrected chi connectivity index (χ2v) is 5.39. The number of carbonyl (C=O) groups is 1. The molecule has 98 valence electrons. The number of nitrogens with one attached hydrogen (secondary N) is 1. The lowest BCUT2D eigenvalue weighted by molar-refractivity contribution is 0.0938. The summed E-state index contributed by atoms with van der Waals surface area (Å²) in [6.45, 7) is 2.55. The van der Waals surface area contributed by atoms with E-state index in [4.69, 9.17) is 4.74 Å². The van der Waals surface area contributed by atoms with Crippen LogP contribution in [0.4, 0.5) is 0 Å². The highest BCUT2D eigenvalue weighted by Gasteiger charge is 2.18. The molecule has 0 radical (unpaired) electrons. The van der Waals surface area contributed by atoms with Gasteiger partial charge in [-0.15, -0.1) is 0 Å². The van der Waals surface area contributed by atoms with E-state index in [2.05, 4.69) is 21.2 Å². The number of ether oxygens (including phenoxy) is 1. The molecular formula is C14H18BrNO2. The first-order valence-electron chi connectivity index (χ1n) is 6.44. The van der Waals surface area contributed by atoms with Crippen LogP contribution < -0.4 is 10.1 Å². The Morgan fingerprint density at radius 1 is 1.44 bits per heavy atom. The van der Waals surface area contributed by atoms with Crippen molar-refractivity contribution in [3.05, 3.63) is 28.2 Å². The van der Waals surface area contributed by atoms with Crippen LogP contribution in [0, 0.1) is 0 Å². The first-order valence-corrected chi connectivity index (χ1v) is 7.23. The normalized spacial score (nSPS) is 15.7. The van der Waals surface area contributed by atoms with E-state index < -0.39 is 0 Å². The fourth-order valence-corrected chi connectivity index (χ4v) is 2.75. The van der Waals surface area contributed by atoms with Crippen LogP contribution in [0.3, 0.4) is 0 Å². The summed E-state index contributed by atoms with van der Waals surface area (Å²) in [5, 5.41) is 3.07. The van der Waals surface area contributed by atoms with Gasteiger partial charge in [0.05, 0.1) is 11.1 Å². The summed E-state index contributed by atoms with van der Waals surface area (Å²) in [5.41, 5.74) is 0.678. The predicted molar refractivity (Wildman–Crippen MR) is 75.0 cm³/mol. The second-order valence-electron chi connectivity index (χ2n) is 4.53. The van der Waals surface area contributed by atoms with Crippen molar-refractivity contribution in [2.24, 2.45) is 0 Å². The average molecular weight is 312 g/mol. The number of carbonyl (C=O) groups excluding carboxylic acids is 1. The molecular weight excluding hydrogens is 294 g/mol. The Morgan fingerprint density at radius 2 is 2.17 bits per heavy atom. The van der Waals surface area contributed by atoms with Crippen molar-refractivity contribution in [2.75, 3.05) is 6.61 Å². The van der Waals surface area contributed by atoms with E-state index in [0.29, 0.717) is 18.2 Å². The molecule has 1 aliphatic carbocycles. The molecule has 1 saturated carbocycles. The highest BCUT2D eigenvalue weighted by atomic mass is 79.9. The van der Waals surface area contributed by atoms with Crippen LogP contribution >= 0.6 is 15.9 Å². The minimum atomic E-state index is 0.00523. The van der Waals surface area contributed by atoms with Crippen LogP contribution in [-0.4, -0.2) is 18.6 Å². The molecule has 1 aromatic rings. The summed E-state index contributed by atoms with van der Waals surface area (Å²) in [7, 11) is 0. The molecule has 1 fully saturated rings. The van der Waals surface area contributed by atoms with Crippen LogP contribution in [0.2, 0.25) is 0 Å². The fourth-order valence-electron chi connectivity index (χ4n) is 2.25. The lowest BCUT2D eigenvalue weighted by Crippen LogP contribution is -2.32. The van der Waals surface area contributed by atoms with Gasteiger partial charge < -0.3 is 10.1 Å². The molecule has 2 rings (SSSR count). The molecule has 0 heterocycles. The summed E-state index contributed by atoms with van der Waals surface area (Å²) in [4.78, 5) is 12.0. The van der Waals surface area contributed by atoms with Gasteiger partial charge in [-0.1, -0.05) is 12.8 Å². The fraction of sp³-hybridized carbons (Fsp3) is 0.500. The standard InChI is InChI=1S/C14H18BrNO2/c1-2-18-13-8-7-10(9-12(13)15)14(17)16-11-5-3-4-6-11/h7-9,11H,2-6H2,1H3,(H,16,17). The number of halogens is 1. The molecule has 0 bridgehead atoms. The number of hydrogen-bond acceptors (Lipinski definition) is 2. The van der Waals surface area contributed by atoms with Crippen LogP contribution in [0.5, 0.6) is 5.75 Å². The minimum absolute atomic E-state index is 0.00523. The first kappa shape index (κ1) is 13.4. The number of amides is 1. The molecule has 0 aromatic heterocycles. The van der Waals surface area contributed by atoms with Gasteiger partial charge in [0.25, 0.3) is 5.91 Å². The van der Waals surface area contributed by atoms with Crippen molar-refractivity contribution in [1.29, 1.82) is 0 Å². The summed E-state index contributed by atoms with van der Waals surface area (Å²) in [5.74, 6) is 0.778. The third-order valence-corrected chi connectivity index (χ3v) is 3.80. The lowest BCUT2D eigenvalue weighted by atomic mass is 10.1. The average Bonchev–Trinajstić information content (AvgIpc) is 2.84. The summed E-state index contributed by atoms with van der Waals surface area (Å²) >= 11 is 3.42. The Hall–Kier alpha value is -1.03. The SMILES string of the molecule is CCOc1ccc(C(=O)NC2CCCC2)cc1Br. The molecule has 1 amide bonds. The quantitative estimate of drug-likeness (QED) is 0.924. The van der Waals surface area contributed by atoms with E-state index in [1.54, 1.807) is 6.07 Å². The Labute approximate surface area is 116 Å². The van der Waals surface area contributed by atoms with Crippen molar-refractivity contribution in [3.63, 3.8) is 0 Å². The van der Waals surface area contributed by atoms with Gasteiger partial charge in [0.2, 0.25) is 0 Å².